The molecule has 0 amide bonds. The average molecular weight is 288 g/mol. The molecule has 0 N–H and O–H groups in total. The van der Waals surface area contributed by atoms with E-state index in [4.69, 9.17) is 9.47 Å². The van der Waals surface area contributed by atoms with Crippen molar-refractivity contribution in [1.82, 2.24) is 0 Å². The second-order valence-corrected chi connectivity index (χ2v) is 5.85. The van der Waals surface area contributed by atoms with E-state index in [0.717, 1.165) is 11.3 Å². The maximum Gasteiger partial charge on any atom is 0.139 e. The number of ketones is 1. The summed E-state index contributed by atoms with van der Waals surface area (Å²) in [5, 5.41) is 0. The minimum Gasteiger partial charge on any atom is -0.497 e. The summed E-state index contributed by atoms with van der Waals surface area (Å²) in [6, 6.07) is 7.82. The average Bonchev–Trinajstić information content (AvgIpc) is 2.79. The molecule has 21 heavy (non-hydrogen) atoms. The van der Waals surface area contributed by atoms with E-state index < -0.39 is 0 Å². The van der Waals surface area contributed by atoms with Crippen LogP contribution in [0.2, 0.25) is 0 Å². The zero-order valence-electron chi connectivity index (χ0n) is 13.0. The number of allylic oxidation sites excluding steroid dienone is 1. The van der Waals surface area contributed by atoms with Crippen molar-refractivity contribution in [3.8, 4) is 5.75 Å². The van der Waals surface area contributed by atoms with Gasteiger partial charge in [-0.3, -0.25) is 4.79 Å². The lowest BCUT2D eigenvalue weighted by molar-refractivity contribution is -0.122. The van der Waals surface area contributed by atoms with Crippen LogP contribution >= 0.6 is 0 Å². The van der Waals surface area contributed by atoms with Crippen molar-refractivity contribution in [3.63, 3.8) is 0 Å². The van der Waals surface area contributed by atoms with Gasteiger partial charge < -0.3 is 9.47 Å². The van der Waals surface area contributed by atoms with E-state index in [2.05, 4.69) is 20.4 Å². The molecule has 0 saturated heterocycles. The second kappa shape index (κ2) is 6.90. The first-order valence-corrected chi connectivity index (χ1v) is 7.46. The fraction of sp³-hybridized carbons (Fsp3) is 0.500. The zero-order valence-corrected chi connectivity index (χ0v) is 13.0. The highest BCUT2D eigenvalue weighted by Gasteiger charge is 2.42. The van der Waals surface area contributed by atoms with Gasteiger partial charge in [-0.05, 0) is 29.5 Å². The standard InChI is InChI=1S/C18H24O3/c1-5-12(2)18-13(3)17(10-16(18)19)21-11-14-6-8-15(20-4)9-7-14/h5-9,12-13,17-18H,1,10-11H2,2-4H3/t12-,13-,17+,18+/m1/s1. The molecule has 1 aliphatic rings. The predicted molar refractivity (Wildman–Crippen MR) is 83.2 cm³/mol. The molecule has 2 rings (SSSR count). The number of methoxy groups -OCH3 is 1. The van der Waals surface area contributed by atoms with Crippen molar-refractivity contribution in [2.45, 2.75) is 33.0 Å². The highest BCUT2D eigenvalue weighted by molar-refractivity contribution is 5.84. The molecule has 0 heterocycles. The van der Waals surface area contributed by atoms with Crippen LogP contribution in [0.1, 0.15) is 25.8 Å². The Morgan fingerprint density at radius 3 is 2.62 bits per heavy atom. The van der Waals surface area contributed by atoms with Crippen LogP contribution in [0.5, 0.6) is 5.75 Å². The number of Topliss-reactive ketones (excluding diaryl/α,β-unsaturated/α-hetero) is 1. The Hall–Kier alpha value is -1.61. The summed E-state index contributed by atoms with van der Waals surface area (Å²) in [7, 11) is 1.65. The molecule has 1 saturated carbocycles. The van der Waals surface area contributed by atoms with Crippen LogP contribution in [0.3, 0.4) is 0 Å². The van der Waals surface area contributed by atoms with Crippen molar-refractivity contribution >= 4 is 5.78 Å². The third-order valence-electron chi connectivity index (χ3n) is 4.49. The maximum atomic E-state index is 12.1. The number of hydrogen-bond donors (Lipinski definition) is 0. The lowest BCUT2D eigenvalue weighted by atomic mass is 9.85. The van der Waals surface area contributed by atoms with Gasteiger partial charge in [-0.1, -0.05) is 32.1 Å². The Morgan fingerprint density at radius 2 is 2.05 bits per heavy atom. The normalized spacial score (nSPS) is 26.6. The van der Waals surface area contributed by atoms with Gasteiger partial charge in [0.15, 0.2) is 0 Å². The van der Waals surface area contributed by atoms with E-state index in [-0.39, 0.29) is 23.9 Å². The van der Waals surface area contributed by atoms with Gasteiger partial charge in [0.2, 0.25) is 0 Å². The fourth-order valence-electron chi connectivity index (χ4n) is 3.10. The molecule has 1 aromatic rings. The largest absolute Gasteiger partial charge is 0.497 e. The Labute approximate surface area is 127 Å². The maximum absolute atomic E-state index is 12.1. The quantitative estimate of drug-likeness (QED) is 0.750. The number of rotatable bonds is 6. The Balaban J connectivity index is 1.94. The van der Waals surface area contributed by atoms with Crippen LogP contribution < -0.4 is 4.74 Å². The SMILES string of the molecule is C=C[C@@H](C)[C@@H]1C(=O)C[C@H](OCc2ccc(OC)cc2)[C@H]1C. The van der Waals surface area contributed by atoms with Crippen molar-refractivity contribution < 1.29 is 14.3 Å². The molecular formula is C18H24O3. The fourth-order valence-corrected chi connectivity index (χ4v) is 3.10. The number of carbonyl (C=O) groups excluding carboxylic acids is 1. The molecule has 0 unspecified atom stereocenters. The van der Waals surface area contributed by atoms with Gasteiger partial charge in [0.05, 0.1) is 19.8 Å². The molecule has 0 aromatic heterocycles. The van der Waals surface area contributed by atoms with E-state index in [1.54, 1.807) is 7.11 Å². The number of benzene rings is 1. The van der Waals surface area contributed by atoms with Crippen LogP contribution in [-0.2, 0) is 16.1 Å². The third-order valence-corrected chi connectivity index (χ3v) is 4.49. The Bertz CT molecular complexity index is 492. The summed E-state index contributed by atoms with van der Waals surface area (Å²) < 4.78 is 11.1. The first-order chi connectivity index (χ1) is 10.1. The smallest absolute Gasteiger partial charge is 0.139 e. The summed E-state index contributed by atoms with van der Waals surface area (Å²) in [4.78, 5) is 12.1. The van der Waals surface area contributed by atoms with Gasteiger partial charge in [0.1, 0.15) is 11.5 Å². The van der Waals surface area contributed by atoms with Crippen LogP contribution in [-0.4, -0.2) is 19.0 Å². The molecule has 0 radical (unpaired) electrons. The molecule has 1 aliphatic carbocycles. The van der Waals surface area contributed by atoms with Crippen molar-refractivity contribution in [1.29, 1.82) is 0 Å². The van der Waals surface area contributed by atoms with Gasteiger partial charge in [-0.2, -0.15) is 0 Å². The van der Waals surface area contributed by atoms with Crippen LogP contribution in [0.25, 0.3) is 0 Å². The molecule has 0 aliphatic heterocycles. The highest BCUT2D eigenvalue weighted by Crippen LogP contribution is 2.36. The number of hydrogen-bond acceptors (Lipinski definition) is 3. The summed E-state index contributed by atoms with van der Waals surface area (Å²) in [6.45, 7) is 8.49. The second-order valence-electron chi connectivity index (χ2n) is 5.85. The van der Waals surface area contributed by atoms with E-state index in [1.165, 1.54) is 0 Å². The molecule has 0 bridgehead atoms. The predicted octanol–water partition coefficient (Wildman–Crippen LogP) is 3.63. The van der Waals surface area contributed by atoms with Crippen LogP contribution in [0.4, 0.5) is 0 Å². The third kappa shape index (κ3) is 3.53. The molecule has 1 aromatic carbocycles. The van der Waals surface area contributed by atoms with Gasteiger partial charge in [0.25, 0.3) is 0 Å². The first-order valence-electron chi connectivity index (χ1n) is 7.46. The monoisotopic (exact) mass is 288 g/mol. The van der Waals surface area contributed by atoms with Gasteiger partial charge in [-0.25, -0.2) is 0 Å². The van der Waals surface area contributed by atoms with Crippen molar-refractivity contribution in [3.05, 3.63) is 42.5 Å². The molecule has 3 heteroatoms. The Kier molecular flexibility index (Phi) is 5.18. The van der Waals surface area contributed by atoms with Crippen LogP contribution in [0, 0.1) is 17.8 Å². The van der Waals surface area contributed by atoms with Gasteiger partial charge in [-0.15, -0.1) is 6.58 Å². The van der Waals surface area contributed by atoms with E-state index >= 15 is 0 Å². The summed E-state index contributed by atoms with van der Waals surface area (Å²) >= 11 is 0. The molecule has 4 atom stereocenters. The van der Waals surface area contributed by atoms with Gasteiger partial charge in [0, 0.05) is 12.3 Å². The van der Waals surface area contributed by atoms with Gasteiger partial charge >= 0.3 is 0 Å². The number of ether oxygens (including phenoxy) is 2. The lowest BCUT2D eigenvalue weighted by Crippen LogP contribution is -2.24. The molecule has 3 nitrogen and oxygen atoms in total. The van der Waals surface area contributed by atoms with Crippen molar-refractivity contribution in [2.75, 3.05) is 7.11 Å². The topological polar surface area (TPSA) is 35.5 Å². The first kappa shape index (κ1) is 15.8. The van der Waals surface area contributed by atoms with E-state index in [0.29, 0.717) is 18.8 Å². The zero-order chi connectivity index (χ0) is 15.4. The summed E-state index contributed by atoms with van der Waals surface area (Å²) in [5.41, 5.74) is 1.09. The minimum atomic E-state index is 0.00648. The van der Waals surface area contributed by atoms with Crippen LogP contribution in [0.15, 0.2) is 36.9 Å². The lowest BCUT2D eigenvalue weighted by Gasteiger charge is -2.22. The molecular weight excluding hydrogens is 264 g/mol. The summed E-state index contributed by atoms with van der Waals surface area (Å²) in [5.74, 6) is 1.63. The Morgan fingerprint density at radius 1 is 1.38 bits per heavy atom. The number of carbonyl (C=O) groups is 1. The molecule has 114 valence electrons. The van der Waals surface area contributed by atoms with E-state index in [9.17, 15) is 4.79 Å². The van der Waals surface area contributed by atoms with E-state index in [1.807, 2.05) is 30.3 Å². The summed E-state index contributed by atoms with van der Waals surface area (Å²) in [6.07, 6.45) is 2.39. The minimum absolute atomic E-state index is 0.00648. The molecule has 1 fully saturated rings. The highest BCUT2D eigenvalue weighted by atomic mass is 16.5. The van der Waals surface area contributed by atoms with Crippen molar-refractivity contribution in [2.24, 2.45) is 17.8 Å². The molecule has 0 spiro atoms.